The molecule has 5 nitrogen and oxygen atoms in total. The van der Waals surface area contributed by atoms with Gasteiger partial charge in [-0.1, -0.05) is 36.4 Å². The van der Waals surface area contributed by atoms with Crippen molar-refractivity contribution in [2.45, 2.75) is 19.3 Å². The third-order valence-electron chi connectivity index (χ3n) is 4.52. The van der Waals surface area contributed by atoms with Crippen molar-refractivity contribution >= 4 is 29.9 Å². The summed E-state index contributed by atoms with van der Waals surface area (Å²) in [6.45, 7) is 0. The van der Waals surface area contributed by atoms with Gasteiger partial charge in [0.05, 0.1) is 11.1 Å². The minimum absolute atomic E-state index is 0.144. The van der Waals surface area contributed by atoms with Crippen LogP contribution in [-0.4, -0.2) is 27.9 Å². The number of hydrogen-bond donors (Lipinski definition) is 2. The molecule has 2 aromatic rings. The molecule has 27 heavy (non-hydrogen) atoms. The van der Waals surface area contributed by atoms with Gasteiger partial charge in [-0.3, -0.25) is 4.79 Å². The van der Waals surface area contributed by atoms with Crippen molar-refractivity contribution in [1.82, 2.24) is 0 Å². The summed E-state index contributed by atoms with van der Waals surface area (Å²) >= 11 is 0. The van der Waals surface area contributed by atoms with Gasteiger partial charge in [0.2, 0.25) is 0 Å². The summed E-state index contributed by atoms with van der Waals surface area (Å²) in [6, 6.07) is 13.1. The number of carbonyl (C=O) groups excluding carboxylic acids is 1. The summed E-state index contributed by atoms with van der Waals surface area (Å²) in [5.41, 5.74) is 2.33. The summed E-state index contributed by atoms with van der Waals surface area (Å²) in [5, 5.41) is 18.6. The van der Waals surface area contributed by atoms with E-state index in [1.54, 1.807) is 48.6 Å². The first kappa shape index (κ1) is 18.3. The van der Waals surface area contributed by atoms with Crippen molar-refractivity contribution in [3.8, 4) is 0 Å². The first-order chi connectivity index (χ1) is 13.0. The second-order valence-corrected chi connectivity index (χ2v) is 6.31. The lowest BCUT2D eigenvalue weighted by Crippen LogP contribution is -2.13. The van der Waals surface area contributed by atoms with Crippen LogP contribution in [0.2, 0.25) is 0 Å². The lowest BCUT2D eigenvalue weighted by molar-refractivity contribution is -0.112. The Morgan fingerprint density at radius 1 is 0.741 bits per heavy atom. The molecule has 0 bridgehead atoms. The van der Waals surface area contributed by atoms with E-state index in [9.17, 15) is 24.6 Å². The van der Waals surface area contributed by atoms with Crippen molar-refractivity contribution in [1.29, 1.82) is 0 Å². The molecule has 0 radical (unpaired) electrons. The van der Waals surface area contributed by atoms with Crippen LogP contribution in [0.1, 0.15) is 51.1 Å². The van der Waals surface area contributed by atoms with Crippen molar-refractivity contribution in [3.05, 3.63) is 81.9 Å². The van der Waals surface area contributed by atoms with Gasteiger partial charge >= 0.3 is 11.9 Å². The Kier molecular flexibility index (Phi) is 5.31. The van der Waals surface area contributed by atoms with Gasteiger partial charge in [-0.2, -0.15) is 0 Å². The van der Waals surface area contributed by atoms with Crippen LogP contribution in [0.25, 0.3) is 12.2 Å². The van der Waals surface area contributed by atoms with E-state index >= 15 is 0 Å². The number of carboxylic acids is 2. The molecule has 2 aromatic carbocycles. The number of rotatable bonds is 4. The van der Waals surface area contributed by atoms with Crippen LogP contribution in [0.5, 0.6) is 0 Å². The largest absolute Gasteiger partial charge is 0.478 e. The summed E-state index contributed by atoms with van der Waals surface area (Å²) in [4.78, 5) is 35.6. The van der Waals surface area contributed by atoms with E-state index in [1.165, 1.54) is 12.1 Å². The fourth-order valence-corrected chi connectivity index (χ4v) is 3.19. The molecule has 1 aliphatic carbocycles. The molecule has 1 aliphatic rings. The minimum Gasteiger partial charge on any atom is -0.478 e. The second kappa shape index (κ2) is 7.83. The summed E-state index contributed by atoms with van der Waals surface area (Å²) in [6.07, 6.45) is 5.12. The maximum absolute atomic E-state index is 12.9. The first-order valence-corrected chi connectivity index (χ1v) is 8.58. The van der Waals surface area contributed by atoms with Crippen molar-refractivity contribution in [2.75, 3.05) is 0 Å². The Labute approximate surface area is 156 Å². The molecule has 136 valence electrons. The smallest absolute Gasteiger partial charge is 0.336 e. The van der Waals surface area contributed by atoms with Gasteiger partial charge in [-0.25, -0.2) is 9.59 Å². The average molecular weight is 362 g/mol. The maximum Gasteiger partial charge on any atom is 0.336 e. The molecule has 0 spiro atoms. The molecule has 2 N–H and O–H groups in total. The van der Waals surface area contributed by atoms with Crippen LogP contribution in [0.3, 0.4) is 0 Å². The van der Waals surface area contributed by atoms with Crippen molar-refractivity contribution in [2.24, 2.45) is 0 Å². The molecule has 1 saturated carbocycles. The average Bonchev–Trinajstić information content (AvgIpc) is 2.65. The highest BCUT2D eigenvalue weighted by atomic mass is 16.4. The molecule has 0 amide bonds. The van der Waals surface area contributed by atoms with E-state index in [0.29, 0.717) is 35.1 Å². The van der Waals surface area contributed by atoms with Crippen LogP contribution in [-0.2, 0) is 4.79 Å². The van der Waals surface area contributed by atoms with Gasteiger partial charge in [0, 0.05) is 11.1 Å². The van der Waals surface area contributed by atoms with Crippen LogP contribution in [0, 0.1) is 0 Å². The molecule has 1 fully saturated rings. The van der Waals surface area contributed by atoms with Crippen molar-refractivity contribution < 1.29 is 24.6 Å². The SMILES string of the molecule is O=C1/C(=C\c2ccccc2C(=O)O)CCC/C1=C\c1ccccc1C(=O)O. The summed E-state index contributed by atoms with van der Waals surface area (Å²) < 4.78 is 0. The zero-order valence-electron chi connectivity index (χ0n) is 14.5. The third kappa shape index (κ3) is 4.03. The highest BCUT2D eigenvalue weighted by Gasteiger charge is 2.22. The molecule has 0 atom stereocenters. The lowest BCUT2D eigenvalue weighted by atomic mass is 9.86. The number of allylic oxidation sites excluding steroid dienone is 2. The number of hydrogen-bond acceptors (Lipinski definition) is 3. The lowest BCUT2D eigenvalue weighted by Gasteiger charge is -2.17. The van der Waals surface area contributed by atoms with Crippen LogP contribution >= 0.6 is 0 Å². The number of aromatic carboxylic acids is 2. The monoisotopic (exact) mass is 362 g/mol. The predicted molar refractivity (Wildman–Crippen MR) is 102 cm³/mol. The van der Waals surface area contributed by atoms with Crippen LogP contribution in [0.15, 0.2) is 59.7 Å². The molecule has 0 aromatic heterocycles. The first-order valence-electron chi connectivity index (χ1n) is 8.58. The van der Waals surface area contributed by atoms with Gasteiger partial charge in [0.25, 0.3) is 0 Å². The highest BCUT2D eigenvalue weighted by molar-refractivity contribution is 6.14. The van der Waals surface area contributed by atoms with Gasteiger partial charge in [-0.15, -0.1) is 0 Å². The quantitative estimate of drug-likeness (QED) is 0.791. The topological polar surface area (TPSA) is 91.7 Å². The molecule has 0 unspecified atom stereocenters. The standard InChI is InChI=1S/C22H18O5/c23-20-16(12-14-6-1-3-10-18(14)21(24)25)8-5-9-17(20)13-15-7-2-4-11-19(15)22(26)27/h1-4,6-7,10-13H,5,8-9H2,(H,24,25)(H,26,27)/b16-12-,17-13+. The third-order valence-corrected chi connectivity index (χ3v) is 4.52. The highest BCUT2D eigenvalue weighted by Crippen LogP contribution is 2.29. The van der Waals surface area contributed by atoms with E-state index in [4.69, 9.17) is 0 Å². The predicted octanol–water partition coefficient (Wildman–Crippen LogP) is 4.30. The fourth-order valence-electron chi connectivity index (χ4n) is 3.19. The summed E-state index contributed by atoms with van der Waals surface area (Å²) in [5.74, 6) is -2.25. The maximum atomic E-state index is 12.9. The molecular formula is C22H18O5. The molecular weight excluding hydrogens is 344 g/mol. The van der Waals surface area contributed by atoms with Gasteiger partial charge in [0.1, 0.15) is 0 Å². The Bertz CT molecular complexity index is 904. The zero-order chi connectivity index (χ0) is 19.4. The minimum atomic E-state index is -1.04. The Balaban J connectivity index is 1.98. The van der Waals surface area contributed by atoms with E-state index in [0.717, 1.165) is 6.42 Å². The molecule has 0 aliphatic heterocycles. The number of ketones is 1. The Morgan fingerprint density at radius 2 is 1.15 bits per heavy atom. The Hall–Kier alpha value is -3.47. The van der Waals surface area contributed by atoms with E-state index in [1.807, 2.05) is 0 Å². The van der Waals surface area contributed by atoms with Crippen LogP contribution < -0.4 is 0 Å². The van der Waals surface area contributed by atoms with Gasteiger partial charge in [-0.05, 0) is 54.7 Å². The fraction of sp³-hybridized carbons (Fsp3) is 0.136. The number of carbonyl (C=O) groups is 3. The van der Waals surface area contributed by atoms with E-state index < -0.39 is 11.9 Å². The summed E-state index contributed by atoms with van der Waals surface area (Å²) in [7, 11) is 0. The molecule has 0 heterocycles. The molecule has 3 rings (SSSR count). The van der Waals surface area contributed by atoms with Gasteiger partial charge < -0.3 is 10.2 Å². The molecule has 0 saturated heterocycles. The number of Topliss-reactive ketones (excluding diaryl/α,β-unsaturated/α-hetero) is 1. The second-order valence-electron chi connectivity index (χ2n) is 6.31. The van der Waals surface area contributed by atoms with Crippen LogP contribution in [0.4, 0.5) is 0 Å². The Morgan fingerprint density at radius 3 is 1.56 bits per heavy atom. The van der Waals surface area contributed by atoms with E-state index in [-0.39, 0.29) is 16.9 Å². The van der Waals surface area contributed by atoms with Gasteiger partial charge in [0.15, 0.2) is 5.78 Å². The van der Waals surface area contributed by atoms with E-state index in [2.05, 4.69) is 0 Å². The normalized spacial score (nSPS) is 17.3. The zero-order valence-corrected chi connectivity index (χ0v) is 14.5. The molecule has 5 heteroatoms. The van der Waals surface area contributed by atoms with Crippen molar-refractivity contribution in [3.63, 3.8) is 0 Å². The number of benzene rings is 2. The number of carboxylic acid groups (broad SMARTS) is 2.